The van der Waals surface area contributed by atoms with E-state index >= 15 is 0 Å². The first-order valence-corrected chi connectivity index (χ1v) is 9.70. The first-order valence-electron chi connectivity index (χ1n) is 9.70. The number of para-hydroxylation sites is 1. The number of rotatable bonds is 3. The second kappa shape index (κ2) is 6.77. The van der Waals surface area contributed by atoms with Gasteiger partial charge in [-0.1, -0.05) is 18.2 Å². The van der Waals surface area contributed by atoms with Gasteiger partial charge in [0, 0.05) is 23.9 Å². The zero-order valence-electron chi connectivity index (χ0n) is 15.7. The van der Waals surface area contributed by atoms with E-state index in [-0.39, 0.29) is 24.3 Å². The van der Waals surface area contributed by atoms with Crippen molar-refractivity contribution >= 4 is 40.0 Å². The van der Waals surface area contributed by atoms with Gasteiger partial charge in [-0.05, 0) is 48.6 Å². The number of nitrogens with one attached hydrogen (secondary N) is 2. The molecule has 1 fully saturated rings. The molecule has 0 spiro atoms. The van der Waals surface area contributed by atoms with E-state index in [0.717, 1.165) is 17.3 Å². The molecule has 5 rings (SSSR count). The maximum absolute atomic E-state index is 12.9. The summed E-state index contributed by atoms with van der Waals surface area (Å²) >= 11 is 0. The molecule has 3 amide bonds. The van der Waals surface area contributed by atoms with Crippen LogP contribution in [-0.4, -0.2) is 39.8 Å². The number of carbonyl (C=O) groups excluding carboxylic acids is 3. The van der Waals surface area contributed by atoms with Crippen molar-refractivity contribution in [1.82, 2.24) is 9.47 Å². The van der Waals surface area contributed by atoms with Gasteiger partial charge < -0.3 is 20.1 Å². The summed E-state index contributed by atoms with van der Waals surface area (Å²) in [6, 6.07) is 14.5. The topological polar surface area (TPSA) is 83.4 Å². The molecule has 0 aliphatic carbocycles. The second-order valence-electron chi connectivity index (χ2n) is 7.46. The quantitative estimate of drug-likeness (QED) is 0.724. The number of fused-ring (bicyclic) bond motifs is 3. The zero-order valence-corrected chi connectivity index (χ0v) is 15.7. The molecule has 0 bridgehead atoms. The first kappa shape index (κ1) is 17.5. The minimum absolute atomic E-state index is 0.147. The summed E-state index contributed by atoms with van der Waals surface area (Å²) in [6.07, 6.45) is 3.38. The van der Waals surface area contributed by atoms with Crippen LogP contribution in [0.3, 0.4) is 0 Å². The van der Waals surface area contributed by atoms with E-state index in [1.807, 2.05) is 41.1 Å². The van der Waals surface area contributed by atoms with E-state index in [1.165, 1.54) is 0 Å². The minimum atomic E-state index is -0.407. The summed E-state index contributed by atoms with van der Waals surface area (Å²) in [5.41, 5.74) is 2.42. The van der Waals surface area contributed by atoms with Gasteiger partial charge in [0.1, 0.15) is 12.6 Å². The number of nitrogens with zero attached hydrogens (tertiary/aromatic N) is 2. The first-order chi connectivity index (χ1) is 14.1. The molecule has 2 aliphatic heterocycles. The number of hydrogen-bond donors (Lipinski definition) is 2. The average molecular weight is 388 g/mol. The lowest BCUT2D eigenvalue weighted by atomic mass is 10.1. The van der Waals surface area contributed by atoms with E-state index in [9.17, 15) is 14.4 Å². The van der Waals surface area contributed by atoms with Crippen molar-refractivity contribution in [2.45, 2.75) is 25.4 Å². The predicted octanol–water partition coefficient (Wildman–Crippen LogP) is 2.84. The van der Waals surface area contributed by atoms with Crippen LogP contribution >= 0.6 is 0 Å². The van der Waals surface area contributed by atoms with E-state index < -0.39 is 6.04 Å². The molecular weight excluding hydrogens is 368 g/mol. The number of amides is 3. The highest BCUT2D eigenvalue weighted by molar-refractivity contribution is 6.11. The van der Waals surface area contributed by atoms with Crippen LogP contribution in [0, 0.1) is 0 Å². The summed E-state index contributed by atoms with van der Waals surface area (Å²) in [6.45, 7) is 0.747. The maximum atomic E-state index is 12.9. The molecule has 7 heteroatoms. The van der Waals surface area contributed by atoms with E-state index in [1.54, 1.807) is 23.1 Å². The van der Waals surface area contributed by atoms with E-state index in [0.29, 0.717) is 29.9 Å². The average Bonchev–Trinajstić information content (AvgIpc) is 3.34. The highest BCUT2D eigenvalue weighted by Crippen LogP contribution is 2.30. The fourth-order valence-electron chi connectivity index (χ4n) is 4.19. The van der Waals surface area contributed by atoms with Crippen LogP contribution in [0.25, 0.3) is 10.9 Å². The highest BCUT2D eigenvalue weighted by Gasteiger charge is 2.38. The number of hydrogen-bond acceptors (Lipinski definition) is 3. The van der Waals surface area contributed by atoms with Crippen molar-refractivity contribution in [2.24, 2.45) is 0 Å². The summed E-state index contributed by atoms with van der Waals surface area (Å²) < 4.78 is 1.88. The zero-order chi connectivity index (χ0) is 20.0. The lowest BCUT2D eigenvalue weighted by Gasteiger charge is -2.20. The number of aromatic nitrogens is 1. The Kier molecular flexibility index (Phi) is 4.08. The van der Waals surface area contributed by atoms with Crippen molar-refractivity contribution in [1.29, 1.82) is 0 Å². The third kappa shape index (κ3) is 3.04. The number of carbonyl (C=O) groups is 3. The maximum Gasteiger partial charge on any atom is 0.256 e. The molecule has 146 valence electrons. The van der Waals surface area contributed by atoms with Crippen LogP contribution in [0.5, 0.6) is 0 Å². The lowest BCUT2D eigenvalue weighted by molar-refractivity contribution is -0.119. The van der Waals surface area contributed by atoms with E-state index in [2.05, 4.69) is 10.6 Å². The summed E-state index contributed by atoms with van der Waals surface area (Å²) in [7, 11) is 0. The van der Waals surface area contributed by atoms with Crippen LogP contribution in [0.15, 0.2) is 54.7 Å². The van der Waals surface area contributed by atoms with Crippen molar-refractivity contribution in [3.8, 4) is 0 Å². The van der Waals surface area contributed by atoms with Crippen LogP contribution < -0.4 is 10.6 Å². The molecule has 1 saturated heterocycles. The van der Waals surface area contributed by atoms with Crippen molar-refractivity contribution < 1.29 is 14.4 Å². The fourth-order valence-corrected chi connectivity index (χ4v) is 4.19. The SMILES string of the molecule is O=C(Cn1ccc2ccccc21)Nc1ccc2c(c1)C(=O)N1CCC[C@@H]1C(=O)N2. The Morgan fingerprint density at radius 3 is 2.90 bits per heavy atom. The fraction of sp³-hybridized carbons (Fsp3) is 0.227. The third-order valence-corrected chi connectivity index (χ3v) is 5.60. The Bertz CT molecular complexity index is 1150. The molecule has 2 aliphatic rings. The molecule has 0 saturated carbocycles. The van der Waals surface area contributed by atoms with Gasteiger partial charge in [-0.15, -0.1) is 0 Å². The molecule has 0 radical (unpaired) electrons. The van der Waals surface area contributed by atoms with Crippen LogP contribution in [0.4, 0.5) is 11.4 Å². The molecule has 1 atom stereocenters. The van der Waals surface area contributed by atoms with Crippen molar-refractivity contribution in [3.05, 3.63) is 60.3 Å². The normalized spacial score (nSPS) is 18.2. The summed E-state index contributed by atoms with van der Waals surface area (Å²) in [4.78, 5) is 39.5. The van der Waals surface area contributed by atoms with Gasteiger partial charge in [-0.2, -0.15) is 0 Å². The largest absolute Gasteiger partial charge is 0.338 e. The molecule has 3 aromatic rings. The van der Waals surface area contributed by atoms with Gasteiger partial charge in [0.25, 0.3) is 5.91 Å². The molecule has 2 aromatic carbocycles. The van der Waals surface area contributed by atoms with Crippen LogP contribution in [0.1, 0.15) is 23.2 Å². The molecule has 7 nitrogen and oxygen atoms in total. The molecule has 1 aromatic heterocycles. The highest BCUT2D eigenvalue weighted by atomic mass is 16.2. The molecule has 29 heavy (non-hydrogen) atoms. The number of benzene rings is 2. The van der Waals surface area contributed by atoms with Gasteiger partial charge in [0.05, 0.1) is 11.3 Å². The van der Waals surface area contributed by atoms with E-state index in [4.69, 9.17) is 0 Å². The lowest BCUT2D eigenvalue weighted by Crippen LogP contribution is -2.40. The molecular formula is C22H20N4O3. The van der Waals surface area contributed by atoms with Gasteiger partial charge in [-0.25, -0.2) is 0 Å². The standard InChI is InChI=1S/C22H20N4O3/c27-20(13-25-11-9-14-4-1-2-5-18(14)25)23-15-7-8-17-16(12-15)22(29)26-10-3-6-19(26)21(28)24-17/h1-2,4-5,7-9,11-12,19H,3,6,10,13H2,(H,23,27)(H,24,28)/t19-/m1/s1. The Balaban J connectivity index is 1.37. The second-order valence-corrected chi connectivity index (χ2v) is 7.46. The minimum Gasteiger partial charge on any atom is -0.338 e. The third-order valence-electron chi connectivity index (χ3n) is 5.60. The van der Waals surface area contributed by atoms with Gasteiger partial charge >= 0.3 is 0 Å². The Labute approximate surface area is 167 Å². The smallest absolute Gasteiger partial charge is 0.256 e. The van der Waals surface area contributed by atoms with Gasteiger partial charge in [0.15, 0.2) is 0 Å². The predicted molar refractivity (Wildman–Crippen MR) is 110 cm³/mol. The van der Waals surface area contributed by atoms with Crippen molar-refractivity contribution in [2.75, 3.05) is 17.2 Å². The molecule has 3 heterocycles. The number of anilines is 2. The van der Waals surface area contributed by atoms with Crippen molar-refractivity contribution in [3.63, 3.8) is 0 Å². The Morgan fingerprint density at radius 1 is 1.14 bits per heavy atom. The monoisotopic (exact) mass is 388 g/mol. The van der Waals surface area contributed by atoms with Gasteiger partial charge in [-0.3, -0.25) is 14.4 Å². The van der Waals surface area contributed by atoms with Crippen LogP contribution in [0.2, 0.25) is 0 Å². The molecule has 0 unspecified atom stereocenters. The Hall–Kier alpha value is -3.61. The summed E-state index contributed by atoms with van der Waals surface area (Å²) in [5.74, 6) is -0.505. The van der Waals surface area contributed by atoms with Gasteiger partial charge in [0.2, 0.25) is 11.8 Å². The molecule has 2 N–H and O–H groups in total. The summed E-state index contributed by atoms with van der Waals surface area (Å²) in [5, 5.41) is 6.78. The Morgan fingerprint density at radius 2 is 2.00 bits per heavy atom. The van der Waals surface area contributed by atoms with Crippen LogP contribution in [-0.2, 0) is 16.1 Å².